The molecule has 0 radical (unpaired) electrons. The van der Waals surface area contributed by atoms with Crippen molar-refractivity contribution in [3.05, 3.63) is 254 Å². The van der Waals surface area contributed by atoms with Crippen LogP contribution in [0.4, 0.5) is 34.1 Å². The van der Waals surface area contributed by atoms with E-state index in [1.807, 2.05) is 12.1 Å². The molecule has 0 N–H and O–H groups in total. The van der Waals surface area contributed by atoms with Crippen molar-refractivity contribution < 1.29 is 8.83 Å². The van der Waals surface area contributed by atoms with Crippen molar-refractivity contribution in [2.75, 3.05) is 9.80 Å². The average Bonchev–Trinajstić information content (AvgIpc) is 4.08. The molecule has 0 saturated carbocycles. The lowest BCUT2D eigenvalue weighted by atomic mass is 9.80. The van der Waals surface area contributed by atoms with Crippen LogP contribution in [0, 0.1) is 0 Å². The highest BCUT2D eigenvalue weighted by atomic mass is 16.3. The number of nitrogens with zero attached hydrogens (tertiary/aromatic N) is 2. The third-order valence-corrected chi connectivity index (χ3v) is 14.8. The molecule has 0 aliphatic heterocycles. The maximum absolute atomic E-state index is 6.78. The molecule has 0 amide bonds. The summed E-state index contributed by atoms with van der Waals surface area (Å²) in [6, 6.07) is 87.2. The second-order valence-electron chi connectivity index (χ2n) is 19.2. The van der Waals surface area contributed by atoms with Crippen LogP contribution in [0.3, 0.4) is 0 Å². The second-order valence-corrected chi connectivity index (χ2v) is 19.2. The smallest absolute Gasteiger partial charge is 0.159 e. The summed E-state index contributed by atoms with van der Waals surface area (Å²) in [4.78, 5) is 4.79. The monoisotopic (exact) mass is 910 g/mol. The first-order chi connectivity index (χ1) is 35.0. The lowest BCUT2D eigenvalue weighted by molar-refractivity contribution is 0.666. The number of hydrogen-bond acceptors (Lipinski definition) is 4. The van der Waals surface area contributed by atoms with E-state index in [2.05, 4.69) is 254 Å². The molecule has 336 valence electrons. The minimum absolute atomic E-state index is 0.336. The predicted octanol–water partition coefficient (Wildman–Crippen LogP) is 19.2. The summed E-state index contributed by atoms with van der Waals surface area (Å²) >= 11 is 0. The highest BCUT2D eigenvalue weighted by molar-refractivity contribution is 6.13. The SMILES string of the molecule is CC1(C)c2cc(N(c3ccccc3-c3ccccc3)c3cccc4c3oc3ccccc34)ccc2-c2ccc3cc(N(c4ccccc4-c4ccccc4)c4cccc5c4oc4ccccc45)ccc3c21. The van der Waals surface area contributed by atoms with E-state index in [9.17, 15) is 0 Å². The Labute approximate surface area is 411 Å². The van der Waals surface area contributed by atoms with Crippen LogP contribution >= 0.6 is 0 Å². The van der Waals surface area contributed by atoms with Gasteiger partial charge in [-0.2, -0.15) is 0 Å². The van der Waals surface area contributed by atoms with Gasteiger partial charge in [-0.05, 0) is 105 Å². The normalized spacial score (nSPS) is 12.8. The number of para-hydroxylation sites is 6. The van der Waals surface area contributed by atoms with Crippen molar-refractivity contribution in [1.29, 1.82) is 0 Å². The van der Waals surface area contributed by atoms with Crippen molar-refractivity contribution in [2.24, 2.45) is 0 Å². The minimum atomic E-state index is -0.336. The molecule has 1 aliphatic carbocycles. The highest BCUT2D eigenvalue weighted by Crippen LogP contribution is 2.55. The molecule has 0 bridgehead atoms. The predicted molar refractivity (Wildman–Crippen MR) is 296 cm³/mol. The number of benzene rings is 11. The largest absolute Gasteiger partial charge is 0.454 e. The first kappa shape index (κ1) is 40.9. The molecule has 0 unspecified atom stereocenters. The first-order valence-electron chi connectivity index (χ1n) is 24.4. The molecule has 14 rings (SSSR count). The lowest BCUT2D eigenvalue weighted by Crippen LogP contribution is -2.17. The van der Waals surface area contributed by atoms with Gasteiger partial charge < -0.3 is 18.6 Å². The van der Waals surface area contributed by atoms with Crippen molar-refractivity contribution >= 4 is 88.8 Å². The topological polar surface area (TPSA) is 32.8 Å². The van der Waals surface area contributed by atoms with Crippen molar-refractivity contribution in [2.45, 2.75) is 19.3 Å². The number of rotatable bonds is 8. The number of hydrogen-bond donors (Lipinski definition) is 0. The van der Waals surface area contributed by atoms with Crippen LogP contribution in [-0.4, -0.2) is 0 Å². The van der Waals surface area contributed by atoms with Crippen LogP contribution in [0.5, 0.6) is 0 Å². The van der Waals surface area contributed by atoms with Crippen LogP contribution in [0.15, 0.2) is 251 Å². The fourth-order valence-corrected chi connectivity index (χ4v) is 11.6. The maximum atomic E-state index is 6.78. The molecule has 2 aromatic heterocycles. The molecule has 0 saturated heterocycles. The fourth-order valence-electron chi connectivity index (χ4n) is 11.6. The molecule has 0 atom stereocenters. The zero-order valence-corrected chi connectivity index (χ0v) is 39.3. The van der Waals surface area contributed by atoms with Crippen LogP contribution in [-0.2, 0) is 5.41 Å². The molecular weight excluding hydrogens is 865 g/mol. The van der Waals surface area contributed by atoms with Crippen LogP contribution in [0.1, 0.15) is 25.0 Å². The molecule has 2 heterocycles. The van der Waals surface area contributed by atoms with E-state index in [4.69, 9.17) is 8.83 Å². The Balaban J connectivity index is 0.935. The number of fused-ring (bicyclic) bond motifs is 11. The van der Waals surface area contributed by atoms with E-state index >= 15 is 0 Å². The summed E-state index contributed by atoms with van der Waals surface area (Å²) in [5.41, 5.74) is 19.1. The second kappa shape index (κ2) is 16.0. The van der Waals surface area contributed by atoms with Gasteiger partial charge in [-0.25, -0.2) is 0 Å². The minimum Gasteiger partial charge on any atom is -0.454 e. The molecule has 1 aliphatic rings. The van der Waals surface area contributed by atoms with Gasteiger partial charge in [0.15, 0.2) is 11.2 Å². The Hall–Kier alpha value is -9.12. The molecule has 0 spiro atoms. The van der Waals surface area contributed by atoms with E-state index in [1.165, 1.54) is 33.0 Å². The lowest BCUT2D eigenvalue weighted by Gasteiger charge is -2.30. The highest BCUT2D eigenvalue weighted by Gasteiger charge is 2.38. The first-order valence-corrected chi connectivity index (χ1v) is 24.4. The van der Waals surface area contributed by atoms with Crippen LogP contribution < -0.4 is 9.80 Å². The zero-order chi connectivity index (χ0) is 47.2. The molecule has 4 heteroatoms. The van der Waals surface area contributed by atoms with Crippen molar-refractivity contribution in [3.8, 4) is 33.4 Å². The quantitative estimate of drug-likeness (QED) is 0.152. The third-order valence-electron chi connectivity index (χ3n) is 14.8. The standard InChI is InChI=1S/C67H46N2O2/c1-67(2)57-42-47(69(59-30-14-10-24-49(59)44-21-7-4-8-22-44)61-32-18-28-56-53-26-12-16-34-63(53)71-66(56)61)37-40-51(57)54-38-35-45-41-46(36-39-50(45)64(54)67)68(58-29-13-9-23-48(58)43-19-5-3-6-20-43)60-31-17-27-55-52-25-11-15-33-62(52)70-65(55)60/h3-42H,1-2H3. The maximum Gasteiger partial charge on any atom is 0.159 e. The van der Waals surface area contributed by atoms with Gasteiger partial charge in [0.05, 0.1) is 22.7 Å². The average molecular weight is 911 g/mol. The van der Waals surface area contributed by atoms with Gasteiger partial charge in [-0.1, -0.05) is 196 Å². The molecular formula is C67H46N2O2. The zero-order valence-electron chi connectivity index (χ0n) is 39.3. The number of anilines is 6. The van der Waals surface area contributed by atoms with E-state index < -0.39 is 0 Å². The Morgan fingerprint density at radius 2 is 0.775 bits per heavy atom. The van der Waals surface area contributed by atoms with E-state index in [-0.39, 0.29) is 5.41 Å². The van der Waals surface area contributed by atoms with Crippen LogP contribution in [0.2, 0.25) is 0 Å². The van der Waals surface area contributed by atoms with Gasteiger partial charge in [-0.15, -0.1) is 0 Å². The summed E-state index contributed by atoms with van der Waals surface area (Å²) in [5.74, 6) is 0. The molecule has 71 heavy (non-hydrogen) atoms. The molecule has 11 aromatic carbocycles. The van der Waals surface area contributed by atoms with E-state index in [0.29, 0.717) is 0 Å². The molecule has 4 nitrogen and oxygen atoms in total. The third kappa shape index (κ3) is 6.38. The Morgan fingerprint density at radius 1 is 0.324 bits per heavy atom. The van der Waals surface area contributed by atoms with E-state index in [0.717, 1.165) is 100 Å². The van der Waals surface area contributed by atoms with Gasteiger partial charge in [0, 0.05) is 49.5 Å². The summed E-state index contributed by atoms with van der Waals surface area (Å²) in [7, 11) is 0. The summed E-state index contributed by atoms with van der Waals surface area (Å²) < 4.78 is 13.5. The summed E-state index contributed by atoms with van der Waals surface area (Å²) in [6.45, 7) is 4.78. The summed E-state index contributed by atoms with van der Waals surface area (Å²) in [6.07, 6.45) is 0. The fraction of sp³-hybridized carbons (Fsp3) is 0.0448. The van der Waals surface area contributed by atoms with Crippen molar-refractivity contribution in [3.63, 3.8) is 0 Å². The van der Waals surface area contributed by atoms with Crippen LogP contribution in [0.25, 0.3) is 88.0 Å². The molecule has 13 aromatic rings. The number of furan rings is 2. The van der Waals surface area contributed by atoms with E-state index in [1.54, 1.807) is 0 Å². The Kier molecular flexibility index (Phi) is 9.21. The van der Waals surface area contributed by atoms with Crippen molar-refractivity contribution in [1.82, 2.24) is 0 Å². The Morgan fingerprint density at radius 3 is 1.35 bits per heavy atom. The van der Waals surface area contributed by atoms with Gasteiger partial charge in [0.25, 0.3) is 0 Å². The van der Waals surface area contributed by atoms with Gasteiger partial charge >= 0.3 is 0 Å². The Bertz CT molecular complexity index is 4220. The summed E-state index contributed by atoms with van der Waals surface area (Å²) in [5, 5.41) is 6.82. The molecule has 0 fully saturated rings. The van der Waals surface area contributed by atoms with Gasteiger partial charge in [0.2, 0.25) is 0 Å². The van der Waals surface area contributed by atoms with Gasteiger partial charge in [-0.3, -0.25) is 0 Å². The van der Waals surface area contributed by atoms with Gasteiger partial charge in [0.1, 0.15) is 11.2 Å².